The van der Waals surface area contributed by atoms with Crippen LogP contribution in [0.1, 0.15) is 38.2 Å². The van der Waals surface area contributed by atoms with Crippen LogP contribution in [0.5, 0.6) is 0 Å². The number of rotatable bonds is 4. The van der Waals surface area contributed by atoms with Crippen molar-refractivity contribution in [1.29, 1.82) is 0 Å². The van der Waals surface area contributed by atoms with Crippen LogP contribution in [0, 0.1) is 0 Å². The number of para-hydroxylation sites is 1. The van der Waals surface area contributed by atoms with Gasteiger partial charge in [-0.1, -0.05) is 24.6 Å². The number of carbonyl (C=O) groups excluding carboxylic acids is 3. The van der Waals surface area contributed by atoms with Gasteiger partial charge in [0, 0.05) is 24.7 Å². The standard InChI is InChI=1S/C19H24N2O4/c1-14-11-15-7-4-5-8-16(15)21(14)18(23)13-25-19(24)12-20-10-6-2-3-9-17(20)22/h4-5,7-8,14H,2-3,6,9-13H2,1H3/t14-/m1/s1. The van der Waals surface area contributed by atoms with Gasteiger partial charge in [0.2, 0.25) is 5.91 Å². The molecular formula is C19H24N2O4. The summed E-state index contributed by atoms with van der Waals surface area (Å²) in [4.78, 5) is 39.7. The van der Waals surface area contributed by atoms with E-state index in [1.165, 1.54) is 4.90 Å². The molecule has 134 valence electrons. The highest BCUT2D eigenvalue weighted by Crippen LogP contribution is 2.31. The monoisotopic (exact) mass is 344 g/mol. The van der Waals surface area contributed by atoms with Gasteiger partial charge in [0.05, 0.1) is 0 Å². The fourth-order valence-corrected chi connectivity index (χ4v) is 3.56. The predicted octanol–water partition coefficient (Wildman–Crippen LogP) is 1.91. The highest BCUT2D eigenvalue weighted by atomic mass is 16.5. The number of amides is 2. The van der Waals surface area contributed by atoms with E-state index in [9.17, 15) is 14.4 Å². The summed E-state index contributed by atoms with van der Waals surface area (Å²) >= 11 is 0. The van der Waals surface area contributed by atoms with Crippen LogP contribution in [0.2, 0.25) is 0 Å². The Balaban J connectivity index is 1.54. The Morgan fingerprint density at radius 3 is 2.84 bits per heavy atom. The van der Waals surface area contributed by atoms with Crippen LogP contribution >= 0.6 is 0 Å². The Hall–Kier alpha value is -2.37. The van der Waals surface area contributed by atoms with E-state index in [1.807, 2.05) is 31.2 Å². The van der Waals surface area contributed by atoms with Crippen LogP contribution in [-0.4, -0.2) is 48.4 Å². The number of hydrogen-bond donors (Lipinski definition) is 0. The van der Waals surface area contributed by atoms with Gasteiger partial charge in [0.25, 0.3) is 5.91 Å². The summed E-state index contributed by atoms with van der Waals surface area (Å²) < 4.78 is 5.15. The maximum atomic E-state index is 12.5. The van der Waals surface area contributed by atoms with E-state index >= 15 is 0 Å². The number of hydrogen-bond acceptors (Lipinski definition) is 4. The highest BCUT2D eigenvalue weighted by Gasteiger charge is 2.31. The topological polar surface area (TPSA) is 66.9 Å². The molecule has 1 aromatic rings. The zero-order valence-electron chi connectivity index (χ0n) is 14.6. The fraction of sp³-hybridized carbons (Fsp3) is 0.526. The van der Waals surface area contributed by atoms with Crippen molar-refractivity contribution in [1.82, 2.24) is 4.90 Å². The molecule has 0 spiro atoms. The first kappa shape index (κ1) is 17.5. The molecule has 25 heavy (non-hydrogen) atoms. The van der Waals surface area contributed by atoms with Crippen molar-refractivity contribution in [2.75, 3.05) is 24.6 Å². The summed E-state index contributed by atoms with van der Waals surface area (Å²) in [6.07, 6.45) is 4.06. The maximum absolute atomic E-state index is 12.5. The van der Waals surface area contributed by atoms with Crippen LogP contribution < -0.4 is 4.90 Å². The summed E-state index contributed by atoms with van der Waals surface area (Å²) in [6.45, 7) is 2.20. The summed E-state index contributed by atoms with van der Waals surface area (Å²) in [5.41, 5.74) is 2.02. The lowest BCUT2D eigenvalue weighted by Crippen LogP contribution is -2.40. The Morgan fingerprint density at radius 2 is 2.00 bits per heavy atom. The lowest BCUT2D eigenvalue weighted by atomic mass is 10.1. The number of likely N-dealkylation sites (tertiary alicyclic amines) is 1. The van der Waals surface area contributed by atoms with Gasteiger partial charge in [-0.25, -0.2) is 0 Å². The summed E-state index contributed by atoms with van der Waals surface area (Å²) in [7, 11) is 0. The molecule has 0 unspecified atom stereocenters. The third kappa shape index (κ3) is 4.00. The number of benzene rings is 1. The molecule has 0 aliphatic carbocycles. The second-order valence-electron chi connectivity index (χ2n) is 6.73. The molecule has 0 bridgehead atoms. The average molecular weight is 344 g/mol. The molecular weight excluding hydrogens is 320 g/mol. The number of fused-ring (bicyclic) bond motifs is 1. The van der Waals surface area contributed by atoms with Crippen LogP contribution in [-0.2, 0) is 25.5 Å². The highest BCUT2D eigenvalue weighted by molar-refractivity contribution is 5.98. The third-order valence-corrected chi connectivity index (χ3v) is 4.82. The molecule has 2 aliphatic heterocycles. The molecule has 3 rings (SSSR count). The van der Waals surface area contributed by atoms with E-state index in [0.29, 0.717) is 13.0 Å². The third-order valence-electron chi connectivity index (χ3n) is 4.82. The molecule has 0 saturated carbocycles. The maximum Gasteiger partial charge on any atom is 0.326 e. The van der Waals surface area contributed by atoms with E-state index in [4.69, 9.17) is 4.74 Å². The van der Waals surface area contributed by atoms with E-state index < -0.39 is 5.97 Å². The molecule has 2 amide bonds. The summed E-state index contributed by atoms with van der Waals surface area (Å²) in [5, 5.41) is 0. The summed E-state index contributed by atoms with van der Waals surface area (Å²) in [6, 6.07) is 7.83. The normalized spacial score (nSPS) is 20.2. The predicted molar refractivity (Wildman–Crippen MR) is 93.1 cm³/mol. The Labute approximate surface area is 147 Å². The van der Waals surface area contributed by atoms with Gasteiger partial charge in [-0.15, -0.1) is 0 Å². The SMILES string of the molecule is C[C@@H]1Cc2ccccc2N1C(=O)COC(=O)CN1CCCCCC1=O. The fourth-order valence-electron chi connectivity index (χ4n) is 3.56. The summed E-state index contributed by atoms with van der Waals surface area (Å²) in [5.74, 6) is -0.764. The Morgan fingerprint density at radius 1 is 1.20 bits per heavy atom. The molecule has 6 nitrogen and oxygen atoms in total. The van der Waals surface area contributed by atoms with Gasteiger partial charge in [-0.05, 0) is 37.8 Å². The van der Waals surface area contributed by atoms with Gasteiger partial charge in [0.1, 0.15) is 6.54 Å². The molecule has 0 radical (unpaired) electrons. The molecule has 0 N–H and O–H groups in total. The van der Waals surface area contributed by atoms with Gasteiger partial charge in [-0.3, -0.25) is 14.4 Å². The molecule has 1 fully saturated rings. The van der Waals surface area contributed by atoms with Crippen LogP contribution in [0.3, 0.4) is 0 Å². The van der Waals surface area contributed by atoms with Crippen molar-refractivity contribution in [2.24, 2.45) is 0 Å². The molecule has 1 atom stereocenters. The van der Waals surface area contributed by atoms with Gasteiger partial charge in [-0.2, -0.15) is 0 Å². The first-order valence-corrected chi connectivity index (χ1v) is 8.89. The van der Waals surface area contributed by atoms with E-state index in [1.54, 1.807) is 4.90 Å². The minimum atomic E-state index is -0.524. The average Bonchev–Trinajstić information content (AvgIpc) is 2.80. The van der Waals surface area contributed by atoms with Gasteiger partial charge < -0.3 is 14.5 Å². The first-order chi connectivity index (χ1) is 12.1. The van der Waals surface area contributed by atoms with Gasteiger partial charge in [0.15, 0.2) is 6.61 Å². The van der Waals surface area contributed by atoms with Crippen molar-refractivity contribution in [3.63, 3.8) is 0 Å². The van der Waals surface area contributed by atoms with Crippen molar-refractivity contribution < 1.29 is 19.1 Å². The van der Waals surface area contributed by atoms with Crippen molar-refractivity contribution in [2.45, 2.75) is 45.1 Å². The van der Waals surface area contributed by atoms with Crippen molar-refractivity contribution in [3.8, 4) is 0 Å². The second kappa shape index (κ2) is 7.68. The lowest BCUT2D eigenvalue weighted by Gasteiger charge is -2.23. The zero-order valence-corrected chi connectivity index (χ0v) is 14.6. The van der Waals surface area contributed by atoms with Crippen LogP contribution in [0.4, 0.5) is 5.69 Å². The van der Waals surface area contributed by atoms with Crippen LogP contribution in [0.15, 0.2) is 24.3 Å². The molecule has 6 heteroatoms. The van der Waals surface area contributed by atoms with E-state index in [-0.39, 0.29) is 31.0 Å². The first-order valence-electron chi connectivity index (χ1n) is 8.89. The zero-order chi connectivity index (χ0) is 17.8. The molecule has 2 heterocycles. The number of nitrogens with zero attached hydrogens (tertiary/aromatic N) is 2. The minimum Gasteiger partial charge on any atom is -0.454 e. The minimum absolute atomic E-state index is 0.0112. The van der Waals surface area contributed by atoms with Crippen LogP contribution in [0.25, 0.3) is 0 Å². The van der Waals surface area contributed by atoms with E-state index in [0.717, 1.165) is 36.9 Å². The number of ether oxygens (including phenoxy) is 1. The van der Waals surface area contributed by atoms with Crippen molar-refractivity contribution in [3.05, 3.63) is 29.8 Å². The molecule has 1 saturated heterocycles. The molecule has 0 aromatic heterocycles. The Kier molecular flexibility index (Phi) is 5.36. The smallest absolute Gasteiger partial charge is 0.326 e. The Bertz CT molecular complexity index is 673. The number of carbonyl (C=O) groups is 3. The van der Waals surface area contributed by atoms with Gasteiger partial charge >= 0.3 is 5.97 Å². The second-order valence-corrected chi connectivity index (χ2v) is 6.73. The molecule has 2 aliphatic rings. The number of esters is 1. The van der Waals surface area contributed by atoms with E-state index in [2.05, 4.69) is 0 Å². The lowest BCUT2D eigenvalue weighted by molar-refractivity contribution is -0.151. The van der Waals surface area contributed by atoms with Crippen molar-refractivity contribution >= 4 is 23.5 Å². The number of anilines is 1. The quantitative estimate of drug-likeness (QED) is 0.783. The largest absolute Gasteiger partial charge is 0.454 e. The molecule has 1 aromatic carbocycles.